The molecule has 0 atom stereocenters. The van der Waals surface area contributed by atoms with E-state index >= 15 is 0 Å². The van der Waals surface area contributed by atoms with Crippen LogP contribution in [0.1, 0.15) is 114 Å². The molecule has 1 aliphatic rings. The Morgan fingerprint density at radius 2 is 0.900 bits per heavy atom. The zero-order valence-corrected chi connectivity index (χ0v) is 21.6. The van der Waals surface area contributed by atoms with Gasteiger partial charge in [0.1, 0.15) is 0 Å². The predicted molar refractivity (Wildman–Crippen MR) is 134 cm³/mol. The summed E-state index contributed by atoms with van der Waals surface area (Å²) in [5.41, 5.74) is 18.3. The minimum atomic E-state index is 0.568. The number of benzene rings is 2. The normalized spacial score (nSPS) is 19.6. The van der Waals surface area contributed by atoms with Gasteiger partial charge in [-0.2, -0.15) is 0 Å². The molecule has 0 N–H and O–H groups in total. The van der Waals surface area contributed by atoms with Gasteiger partial charge in [-0.1, -0.05) is 33.6 Å². The zero-order valence-electron chi connectivity index (χ0n) is 21.6. The third-order valence-corrected chi connectivity index (χ3v) is 8.62. The van der Waals surface area contributed by atoms with Crippen LogP contribution >= 0.6 is 0 Å². The molecule has 0 aliphatic heterocycles. The second-order valence-corrected chi connectivity index (χ2v) is 10.7. The topological polar surface area (TPSA) is 0 Å². The van der Waals surface area contributed by atoms with Gasteiger partial charge in [0.2, 0.25) is 0 Å². The average molecular weight is 405 g/mol. The second-order valence-electron chi connectivity index (χ2n) is 10.7. The van der Waals surface area contributed by atoms with Gasteiger partial charge < -0.3 is 0 Å². The highest BCUT2D eigenvalue weighted by Crippen LogP contribution is 2.45. The Morgan fingerprint density at radius 3 is 1.27 bits per heavy atom. The fourth-order valence-electron chi connectivity index (χ4n) is 6.46. The lowest BCUT2D eigenvalue weighted by Crippen LogP contribution is -2.15. The van der Waals surface area contributed by atoms with Gasteiger partial charge in [0.05, 0.1) is 0 Å². The van der Waals surface area contributed by atoms with Crippen molar-refractivity contribution in [2.45, 2.75) is 114 Å². The third-order valence-electron chi connectivity index (χ3n) is 8.62. The molecule has 30 heavy (non-hydrogen) atoms. The molecular formula is C30H44. The van der Waals surface area contributed by atoms with E-state index in [4.69, 9.17) is 0 Å². The molecule has 0 bridgehead atoms. The molecular weight excluding hydrogens is 360 g/mol. The van der Waals surface area contributed by atoms with Gasteiger partial charge in [0.15, 0.2) is 0 Å². The van der Waals surface area contributed by atoms with Crippen LogP contribution in [0.5, 0.6) is 0 Å². The van der Waals surface area contributed by atoms with Crippen molar-refractivity contribution in [1.29, 1.82) is 0 Å². The first kappa shape index (κ1) is 23.1. The first-order valence-electron chi connectivity index (χ1n) is 12.2. The Bertz CT molecular complexity index is 904. The van der Waals surface area contributed by atoms with Gasteiger partial charge in [-0.15, -0.1) is 0 Å². The van der Waals surface area contributed by atoms with Crippen LogP contribution in [0.2, 0.25) is 0 Å². The summed E-state index contributed by atoms with van der Waals surface area (Å²) in [4.78, 5) is 0. The van der Waals surface area contributed by atoms with Crippen LogP contribution in [0.3, 0.4) is 0 Å². The van der Waals surface area contributed by atoms with Gasteiger partial charge >= 0.3 is 0 Å². The number of hydrogen-bond acceptors (Lipinski definition) is 0. The summed E-state index contributed by atoms with van der Waals surface area (Å²) in [7, 11) is 0. The van der Waals surface area contributed by atoms with Crippen LogP contribution in [-0.2, 0) is 0 Å². The van der Waals surface area contributed by atoms with E-state index in [0.29, 0.717) is 5.92 Å². The van der Waals surface area contributed by atoms with Crippen LogP contribution in [0.4, 0.5) is 0 Å². The largest absolute Gasteiger partial charge is 0.0625 e. The summed E-state index contributed by atoms with van der Waals surface area (Å²) in [6, 6.07) is 0. The van der Waals surface area contributed by atoms with Crippen molar-refractivity contribution in [3.8, 4) is 11.1 Å². The lowest BCUT2D eigenvalue weighted by atomic mass is 9.73. The van der Waals surface area contributed by atoms with E-state index in [-0.39, 0.29) is 0 Å². The molecule has 2 aromatic carbocycles. The number of rotatable bonds is 3. The quantitative estimate of drug-likeness (QED) is 0.478. The fourth-order valence-corrected chi connectivity index (χ4v) is 6.46. The second kappa shape index (κ2) is 8.52. The molecule has 0 heterocycles. The summed E-state index contributed by atoms with van der Waals surface area (Å²) in [6.07, 6.45) is 5.49. The zero-order chi connectivity index (χ0) is 22.5. The van der Waals surface area contributed by atoms with E-state index in [0.717, 1.165) is 11.8 Å². The average Bonchev–Trinajstić information content (AvgIpc) is 2.69. The van der Waals surface area contributed by atoms with Crippen LogP contribution in [-0.4, -0.2) is 0 Å². The molecule has 0 unspecified atom stereocenters. The lowest BCUT2D eigenvalue weighted by molar-refractivity contribution is 0.346. The SMILES string of the molecule is Cc1c(C)c(C(C)C)c(C)c(C)c1-c1c(C)c(C)c(C2CCC(C)CC2)c(C)c1C. The van der Waals surface area contributed by atoms with E-state index in [2.05, 4.69) is 76.2 Å². The molecule has 1 aliphatic carbocycles. The Morgan fingerprint density at radius 1 is 0.533 bits per heavy atom. The maximum absolute atomic E-state index is 2.42. The molecule has 164 valence electrons. The van der Waals surface area contributed by atoms with Crippen molar-refractivity contribution >= 4 is 0 Å². The first-order valence-corrected chi connectivity index (χ1v) is 12.2. The van der Waals surface area contributed by atoms with Crippen molar-refractivity contribution in [2.24, 2.45) is 5.92 Å². The minimum absolute atomic E-state index is 0.568. The smallest absolute Gasteiger partial charge is 0.0114 e. The number of hydrogen-bond donors (Lipinski definition) is 0. The molecule has 0 spiro atoms. The van der Waals surface area contributed by atoms with Gasteiger partial charge in [-0.3, -0.25) is 0 Å². The maximum atomic E-state index is 2.42. The molecule has 3 rings (SSSR count). The molecule has 0 radical (unpaired) electrons. The molecule has 0 nitrogen and oxygen atoms in total. The Kier molecular flexibility index (Phi) is 6.57. The van der Waals surface area contributed by atoms with E-state index in [1.807, 2.05) is 0 Å². The van der Waals surface area contributed by atoms with Crippen LogP contribution in [0.25, 0.3) is 11.1 Å². The summed E-state index contributed by atoms with van der Waals surface area (Å²) >= 11 is 0. The maximum Gasteiger partial charge on any atom is -0.0114 e. The van der Waals surface area contributed by atoms with Crippen LogP contribution in [0.15, 0.2) is 0 Å². The van der Waals surface area contributed by atoms with Crippen molar-refractivity contribution < 1.29 is 0 Å². The van der Waals surface area contributed by atoms with E-state index < -0.39 is 0 Å². The summed E-state index contributed by atoms with van der Waals surface area (Å²) in [5, 5.41) is 0. The predicted octanol–water partition coefficient (Wildman–Crippen LogP) is 9.24. The van der Waals surface area contributed by atoms with E-state index in [1.54, 1.807) is 22.3 Å². The van der Waals surface area contributed by atoms with Gasteiger partial charge in [0.25, 0.3) is 0 Å². The van der Waals surface area contributed by atoms with Crippen molar-refractivity contribution in [1.82, 2.24) is 0 Å². The van der Waals surface area contributed by atoms with Gasteiger partial charge in [-0.05, 0) is 153 Å². The molecule has 0 saturated heterocycles. The minimum Gasteiger partial charge on any atom is -0.0625 e. The fraction of sp³-hybridized carbons (Fsp3) is 0.600. The molecule has 1 fully saturated rings. The standard InChI is InChI=1S/C30H44/c1-16(2)27-18(4)22(8)29(23(9)19(27)5)30-24(10)20(6)28(21(7)25(30)11)26-14-12-17(3)13-15-26/h16-17,26H,12-15H2,1-11H3. The Labute approximate surface area is 186 Å². The molecule has 0 amide bonds. The van der Waals surface area contributed by atoms with Crippen molar-refractivity contribution in [3.05, 3.63) is 55.6 Å². The summed E-state index contributed by atoms with van der Waals surface area (Å²) in [5.74, 6) is 2.22. The molecule has 1 saturated carbocycles. The summed E-state index contributed by atoms with van der Waals surface area (Å²) in [6.45, 7) is 26.0. The molecule has 0 heteroatoms. The highest BCUT2D eigenvalue weighted by molar-refractivity contribution is 5.82. The van der Waals surface area contributed by atoms with Crippen LogP contribution < -0.4 is 0 Å². The highest BCUT2D eigenvalue weighted by Gasteiger charge is 2.27. The summed E-state index contributed by atoms with van der Waals surface area (Å²) < 4.78 is 0. The van der Waals surface area contributed by atoms with Crippen molar-refractivity contribution in [2.75, 3.05) is 0 Å². The Balaban J connectivity index is 2.27. The van der Waals surface area contributed by atoms with E-state index in [1.165, 1.54) is 70.2 Å². The third kappa shape index (κ3) is 3.65. The van der Waals surface area contributed by atoms with Gasteiger partial charge in [-0.25, -0.2) is 0 Å². The van der Waals surface area contributed by atoms with Crippen LogP contribution in [0, 0.1) is 61.3 Å². The Hall–Kier alpha value is -1.56. The molecule has 0 aromatic heterocycles. The van der Waals surface area contributed by atoms with Gasteiger partial charge in [0, 0.05) is 0 Å². The van der Waals surface area contributed by atoms with Crippen molar-refractivity contribution in [3.63, 3.8) is 0 Å². The highest BCUT2D eigenvalue weighted by atomic mass is 14.3. The first-order chi connectivity index (χ1) is 14.0. The monoisotopic (exact) mass is 404 g/mol. The van der Waals surface area contributed by atoms with E-state index in [9.17, 15) is 0 Å². The molecule has 2 aromatic rings. The lowest BCUT2D eigenvalue weighted by Gasteiger charge is -2.32.